The lowest BCUT2D eigenvalue weighted by atomic mass is 9.97. The summed E-state index contributed by atoms with van der Waals surface area (Å²) in [6.07, 6.45) is 1.53. The molecule has 0 radical (unpaired) electrons. The highest BCUT2D eigenvalue weighted by molar-refractivity contribution is 7.17. The van der Waals surface area contributed by atoms with E-state index >= 15 is 0 Å². The molecule has 0 spiro atoms. The molecule has 3 rings (SSSR count). The van der Waals surface area contributed by atoms with Gasteiger partial charge in [-0.15, -0.1) is 11.3 Å². The first-order valence-electron chi connectivity index (χ1n) is 8.90. The molecule has 3 aromatic rings. The van der Waals surface area contributed by atoms with Crippen LogP contribution in [-0.4, -0.2) is 22.1 Å². The van der Waals surface area contributed by atoms with Crippen LogP contribution in [0.2, 0.25) is 0 Å². The van der Waals surface area contributed by atoms with Crippen LogP contribution in [0, 0.1) is 19.3 Å². The molecule has 0 saturated heterocycles. The van der Waals surface area contributed by atoms with Gasteiger partial charge < -0.3 is 4.74 Å². The first-order chi connectivity index (χ1) is 12.7. The fourth-order valence-electron chi connectivity index (χ4n) is 2.89. The maximum Gasteiger partial charge on any atom is 0.311 e. The molecule has 0 aliphatic rings. The molecule has 0 saturated carbocycles. The summed E-state index contributed by atoms with van der Waals surface area (Å²) in [7, 11) is 0. The number of carbonyl (C=O) groups is 1. The van der Waals surface area contributed by atoms with Crippen molar-refractivity contribution in [2.75, 3.05) is 6.61 Å². The van der Waals surface area contributed by atoms with Crippen LogP contribution >= 0.6 is 11.3 Å². The van der Waals surface area contributed by atoms with Crippen molar-refractivity contribution in [2.45, 2.75) is 41.2 Å². The standard InChI is InChI=1S/C21H24N2O3S/c1-13-6-7-15(14(2)10-13)16-11-27-18-17(16)19(24)23(12-22-18)8-9-26-20(25)21(3,4)5/h6-7,10-12H,8-9H2,1-5H3. The predicted octanol–water partition coefficient (Wildman–Crippen LogP) is 4.33. The third-order valence-corrected chi connectivity index (χ3v) is 5.30. The van der Waals surface area contributed by atoms with E-state index in [1.54, 1.807) is 20.8 Å². The fraction of sp³-hybridized carbons (Fsp3) is 0.381. The van der Waals surface area contributed by atoms with Crippen LogP contribution in [0.1, 0.15) is 31.9 Å². The maximum absolute atomic E-state index is 13.0. The lowest BCUT2D eigenvalue weighted by Crippen LogP contribution is -2.27. The van der Waals surface area contributed by atoms with Gasteiger partial charge in [0.25, 0.3) is 5.56 Å². The molecule has 0 amide bonds. The number of thiophene rings is 1. The third kappa shape index (κ3) is 3.95. The predicted molar refractivity (Wildman–Crippen MR) is 109 cm³/mol. The lowest BCUT2D eigenvalue weighted by Gasteiger charge is -2.16. The average Bonchev–Trinajstić information content (AvgIpc) is 3.00. The minimum atomic E-state index is -0.559. The van der Waals surface area contributed by atoms with Crippen LogP contribution in [0.4, 0.5) is 0 Å². The van der Waals surface area contributed by atoms with Gasteiger partial charge in [0.1, 0.15) is 11.4 Å². The molecule has 2 aromatic heterocycles. The number of rotatable bonds is 4. The summed E-state index contributed by atoms with van der Waals surface area (Å²) in [4.78, 5) is 30.1. The number of hydrogen-bond donors (Lipinski definition) is 0. The number of nitrogens with zero attached hydrogens (tertiary/aromatic N) is 2. The second-order valence-electron chi connectivity index (χ2n) is 7.78. The molecule has 5 nitrogen and oxygen atoms in total. The van der Waals surface area contributed by atoms with E-state index < -0.39 is 5.41 Å². The summed E-state index contributed by atoms with van der Waals surface area (Å²) < 4.78 is 6.79. The zero-order chi connectivity index (χ0) is 19.8. The first kappa shape index (κ1) is 19.3. The van der Waals surface area contributed by atoms with E-state index in [1.807, 2.05) is 24.4 Å². The van der Waals surface area contributed by atoms with Crippen LogP contribution in [0.25, 0.3) is 21.3 Å². The number of esters is 1. The number of ether oxygens (including phenoxy) is 1. The van der Waals surface area contributed by atoms with Crippen LogP contribution in [0.5, 0.6) is 0 Å². The van der Waals surface area contributed by atoms with Crippen molar-refractivity contribution in [1.29, 1.82) is 0 Å². The van der Waals surface area contributed by atoms with Crippen molar-refractivity contribution >= 4 is 27.5 Å². The Hall–Kier alpha value is -2.47. The Kier molecular flexibility index (Phi) is 5.20. The van der Waals surface area contributed by atoms with Crippen molar-refractivity contribution in [1.82, 2.24) is 9.55 Å². The van der Waals surface area contributed by atoms with Gasteiger partial charge in [0.15, 0.2) is 0 Å². The Morgan fingerprint density at radius 2 is 1.96 bits per heavy atom. The second-order valence-corrected chi connectivity index (χ2v) is 8.64. The van der Waals surface area contributed by atoms with Gasteiger partial charge in [0.05, 0.1) is 23.7 Å². The van der Waals surface area contributed by atoms with Gasteiger partial charge in [-0.05, 0) is 45.7 Å². The van der Waals surface area contributed by atoms with E-state index in [1.165, 1.54) is 27.8 Å². The molecule has 6 heteroatoms. The summed E-state index contributed by atoms with van der Waals surface area (Å²) >= 11 is 1.47. The molecule has 1 aromatic carbocycles. The van der Waals surface area contributed by atoms with Gasteiger partial charge >= 0.3 is 5.97 Å². The Balaban J connectivity index is 1.93. The van der Waals surface area contributed by atoms with Gasteiger partial charge in [-0.25, -0.2) is 4.98 Å². The van der Waals surface area contributed by atoms with E-state index in [4.69, 9.17) is 4.74 Å². The lowest BCUT2D eigenvalue weighted by molar-refractivity contribution is -0.153. The normalized spacial score (nSPS) is 11.7. The summed E-state index contributed by atoms with van der Waals surface area (Å²) in [5, 5.41) is 2.61. The Labute approximate surface area is 162 Å². The quantitative estimate of drug-likeness (QED) is 0.628. The molecule has 0 atom stereocenters. The smallest absolute Gasteiger partial charge is 0.311 e. The van der Waals surface area contributed by atoms with Crippen LogP contribution in [0.3, 0.4) is 0 Å². The highest BCUT2D eigenvalue weighted by Crippen LogP contribution is 2.32. The van der Waals surface area contributed by atoms with Crippen molar-refractivity contribution < 1.29 is 9.53 Å². The molecule has 2 heterocycles. The Bertz CT molecular complexity index is 1060. The molecular weight excluding hydrogens is 360 g/mol. The monoisotopic (exact) mass is 384 g/mol. The van der Waals surface area contributed by atoms with Crippen LogP contribution < -0.4 is 5.56 Å². The SMILES string of the molecule is Cc1ccc(-c2csc3ncn(CCOC(=O)C(C)(C)C)c(=O)c23)c(C)c1. The minimum Gasteiger partial charge on any atom is -0.463 e. The molecule has 0 N–H and O–H groups in total. The number of fused-ring (bicyclic) bond motifs is 1. The van der Waals surface area contributed by atoms with E-state index in [-0.39, 0.29) is 24.7 Å². The Morgan fingerprint density at radius 3 is 2.63 bits per heavy atom. The van der Waals surface area contributed by atoms with Crippen molar-refractivity contribution in [3.05, 3.63) is 51.4 Å². The molecule has 0 aliphatic carbocycles. The van der Waals surface area contributed by atoms with Gasteiger partial charge in [-0.2, -0.15) is 0 Å². The molecule has 0 bridgehead atoms. The van der Waals surface area contributed by atoms with Crippen LogP contribution in [0.15, 0.2) is 34.7 Å². The zero-order valence-corrected chi connectivity index (χ0v) is 17.1. The Morgan fingerprint density at radius 1 is 1.22 bits per heavy atom. The number of hydrogen-bond acceptors (Lipinski definition) is 5. The molecule has 27 heavy (non-hydrogen) atoms. The van der Waals surface area contributed by atoms with Gasteiger partial charge in [0.2, 0.25) is 0 Å². The number of carbonyl (C=O) groups excluding carboxylic acids is 1. The molecule has 0 aliphatic heterocycles. The van der Waals surface area contributed by atoms with E-state index in [0.29, 0.717) is 5.39 Å². The molecule has 0 fully saturated rings. The van der Waals surface area contributed by atoms with Crippen LogP contribution in [-0.2, 0) is 16.1 Å². The fourth-order valence-corrected chi connectivity index (χ4v) is 3.79. The highest BCUT2D eigenvalue weighted by atomic mass is 32.1. The zero-order valence-electron chi connectivity index (χ0n) is 16.3. The molecular formula is C21H24N2O3S. The molecule has 142 valence electrons. The summed E-state index contributed by atoms with van der Waals surface area (Å²) in [5.41, 5.74) is 3.60. The third-order valence-electron chi connectivity index (χ3n) is 4.41. The van der Waals surface area contributed by atoms with Crippen molar-refractivity contribution in [3.8, 4) is 11.1 Å². The van der Waals surface area contributed by atoms with E-state index in [2.05, 4.69) is 18.0 Å². The average molecular weight is 385 g/mol. The summed E-state index contributed by atoms with van der Waals surface area (Å²) in [6.45, 7) is 9.94. The van der Waals surface area contributed by atoms with Gasteiger partial charge in [0, 0.05) is 10.9 Å². The minimum absolute atomic E-state index is 0.108. The largest absolute Gasteiger partial charge is 0.463 e. The number of aromatic nitrogens is 2. The first-order valence-corrected chi connectivity index (χ1v) is 9.78. The second kappa shape index (κ2) is 7.27. The maximum atomic E-state index is 13.0. The number of benzene rings is 1. The number of aryl methyl sites for hydroxylation is 2. The highest BCUT2D eigenvalue weighted by Gasteiger charge is 2.23. The van der Waals surface area contributed by atoms with E-state index in [0.717, 1.165) is 21.5 Å². The van der Waals surface area contributed by atoms with Gasteiger partial charge in [-0.3, -0.25) is 14.2 Å². The van der Waals surface area contributed by atoms with Gasteiger partial charge in [-0.1, -0.05) is 23.8 Å². The topological polar surface area (TPSA) is 61.2 Å². The molecule has 0 unspecified atom stereocenters. The van der Waals surface area contributed by atoms with Crippen molar-refractivity contribution in [3.63, 3.8) is 0 Å². The summed E-state index contributed by atoms with van der Waals surface area (Å²) in [6, 6.07) is 6.21. The summed E-state index contributed by atoms with van der Waals surface area (Å²) in [5.74, 6) is -0.281. The van der Waals surface area contributed by atoms with E-state index in [9.17, 15) is 9.59 Å². The van der Waals surface area contributed by atoms with Crippen molar-refractivity contribution in [2.24, 2.45) is 5.41 Å².